The Morgan fingerprint density at radius 3 is 2.48 bits per heavy atom. The zero-order chi connectivity index (χ0) is 18.6. The highest BCUT2D eigenvalue weighted by molar-refractivity contribution is 6.08. The first-order valence-corrected chi connectivity index (χ1v) is 8.33. The van der Waals surface area contributed by atoms with Crippen LogP contribution >= 0.6 is 0 Å². The summed E-state index contributed by atoms with van der Waals surface area (Å²) in [7, 11) is 0. The van der Waals surface area contributed by atoms with Crippen LogP contribution in [-0.2, 0) is 0 Å². The van der Waals surface area contributed by atoms with Crippen LogP contribution in [0.3, 0.4) is 0 Å². The maximum atomic E-state index is 13.4. The summed E-state index contributed by atoms with van der Waals surface area (Å²) in [6.45, 7) is 0. The van der Waals surface area contributed by atoms with Gasteiger partial charge in [-0.1, -0.05) is 24.3 Å². The lowest BCUT2D eigenvalue weighted by molar-refractivity contribution is 0.102. The summed E-state index contributed by atoms with van der Waals surface area (Å²) in [4.78, 5) is 16.9. The molecule has 2 heterocycles. The molecule has 0 saturated carbocycles. The number of hydrogen-bond donors (Lipinski definition) is 1. The van der Waals surface area contributed by atoms with E-state index in [0.29, 0.717) is 16.9 Å². The Labute approximate surface area is 155 Å². The quantitative estimate of drug-likeness (QED) is 0.591. The molecule has 0 bridgehead atoms. The Morgan fingerprint density at radius 2 is 1.74 bits per heavy atom. The Kier molecular flexibility index (Phi) is 4.45. The molecule has 0 unspecified atom stereocenters. The average Bonchev–Trinajstić information content (AvgIpc) is 3.15. The molecule has 6 heteroatoms. The molecule has 4 rings (SSSR count). The molecule has 0 radical (unpaired) electrons. The maximum absolute atomic E-state index is 13.4. The molecule has 2 aromatic carbocycles. The van der Waals surface area contributed by atoms with Gasteiger partial charge in [0.15, 0.2) is 0 Å². The zero-order valence-corrected chi connectivity index (χ0v) is 14.2. The van der Waals surface area contributed by atoms with Gasteiger partial charge in [-0.25, -0.2) is 9.07 Å². The van der Waals surface area contributed by atoms with E-state index in [1.807, 2.05) is 30.3 Å². The van der Waals surface area contributed by atoms with Gasteiger partial charge in [0.2, 0.25) is 0 Å². The summed E-state index contributed by atoms with van der Waals surface area (Å²) in [6.07, 6.45) is 4.95. The number of halogens is 1. The van der Waals surface area contributed by atoms with Crippen LogP contribution in [0.5, 0.6) is 0 Å². The van der Waals surface area contributed by atoms with Crippen LogP contribution in [-0.4, -0.2) is 20.7 Å². The van der Waals surface area contributed by atoms with Crippen LogP contribution in [0.1, 0.15) is 10.4 Å². The number of pyridine rings is 1. The second-order valence-electron chi connectivity index (χ2n) is 5.87. The predicted molar refractivity (Wildman–Crippen MR) is 101 cm³/mol. The van der Waals surface area contributed by atoms with Crippen molar-refractivity contribution in [3.63, 3.8) is 0 Å². The van der Waals surface area contributed by atoms with Gasteiger partial charge in [0, 0.05) is 29.8 Å². The molecule has 1 N–H and O–H groups in total. The van der Waals surface area contributed by atoms with E-state index in [9.17, 15) is 9.18 Å². The molecule has 0 aliphatic carbocycles. The van der Waals surface area contributed by atoms with Gasteiger partial charge in [-0.3, -0.25) is 9.78 Å². The molecule has 132 valence electrons. The van der Waals surface area contributed by atoms with E-state index in [4.69, 9.17) is 0 Å². The van der Waals surface area contributed by atoms with Crippen LogP contribution < -0.4 is 5.32 Å². The maximum Gasteiger partial charge on any atom is 0.259 e. The van der Waals surface area contributed by atoms with Gasteiger partial charge < -0.3 is 5.32 Å². The number of carbonyl (C=O) groups excluding carboxylic acids is 1. The number of nitrogens with zero attached hydrogens (tertiary/aromatic N) is 3. The van der Waals surface area contributed by atoms with Crippen molar-refractivity contribution in [1.82, 2.24) is 14.8 Å². The van der Waals surface area contributed by atoms with Crippen molar-refractivity contribution < 1.29 is 9.18 Å². The van der Waals surface area contributed by atoms with Crippen molar-refractivity contribution in [3.8, 4) is 16.9 Å². The highest BCUT2D eigenvalue weighted by atomic mass is 19.1. The first-order valence-electron chi connectivity index (χ1n) is 8.33. The SMILES string of the molecule is O=C(Nc1cccc(F)c1)c1cn(-c2ccccc2)nc1-c1ccncc1. The number of hydrogen-bond acceptors (Lipinski definition) is 3. The molecule has 1 amide bonds. The summed E-state index contributed by atoms with van der Waals surface area (Å²) in [6, 6.07) is 18.9. The van der Waals surface area contributed by atoms with Crippen molar-refractivity contribution >= 4 is 11.6 Å². The topological polar surface area (TPSA) is 59.8 Å². The zero-order valence-electron chi connectivity index (χ0n) is 14.2. The van der Waals surface area contributed by atoms with Crippen LogP contribution in [0.25, 0.3) is 16.9 Å². The molecule has 27 heavy (non-hydrogen) atoms. The van der Waals surface area contributed by atoms with Gasteiger partial charge >= 0.3 is 0 Å². The van der Waals surface area contributed by atoms with Gasteiger partial charge in [0.05, 0.1) is 11.3 Å². The van der Waals surface area contributed by atoms with Gasteiger partial charge in [0.25, 0.3) is 5.91 Å². The van der Waals surface area contributed by atoms with Crippen LogP contribution in [0.15, 0.2) is 85.3 Å². The first-order chi connectivity index (χ1) is 13.2. The van der Waals surface area contributed by atoms with E-state index in [2.05, 4.69) is 15.4 Å². The van der Waals surface area contributed by atoms with E-state index in [0.717, 1.165) is 11.3 Å². The molecule has 5 nitrogen and oxygen atoms in total. The third-order valence-electron chi connectivity index (χ3n) is 4.02. The van der Waals surface area contributed by atoms with Crippen molar-refractivity contribution in [1.29, 1.82) is 0 Å². The predicted octanol–water partition coefficient (Wildman–Crippen LogP) is 4.33. The highest BCUT2D eigenvalue weighted by Gasteiger charge is 2.19. The average molecular weight is 358 g/mol. The van der Waals surface area contributed by atoms with E-state index < -0.39 is 5.82 Å². The summed E-state index contributed by atoms with van der Waals surface area (Å²) >= 11 is 0. The molecule has 0 spiro atoms. The Hall–Kier alpha value is -3.80. The number of anilines is 1. The summed E-state index contributed by atoms with van der Waals surface area (Å²) < 4.78 is 15.1. The summed E-state index contributed by atoms with van der Waals surface area (Å²) in [5.74, 6) is -0.781. The molecule has 0 fully saturated rings. The van der Waals surface area contributed by atoms with Gasteiger partial charge in [-0.2, -0.15) is 5.10 Å². The molecule has 2 aromatic heterocycles. The monoisotopic (exact) mass is 358 g/mol. The van der Waals surface area contributed by atoms with E-state index >= 15 is 0 Å². The molecular weight excluding hydrogens is 343 g/mol. The fourth-order valence-electron chi connectivity index (χ4n) is 2.74. The van der Waals surface area contributed by atoms with Crippen molar-refractivity contribution in [2.45, 2.75) is 0 Å². The number of benzene rings is 2. The molecule has 0 aliphatic heterocycles. The highest BCUT2D eigenvalue weighted by Crippen LogP contribution is 2.24. The van der Waals surface area contributed by atoms with E-state index in [1.165, 1.54) is 12.1 Å². The molecule has 0 aliphatic rings. The van der Waals surface area contributed by atoms with Crippen molar-refractivity contribution in [2.75, 3.05) is 5.32 Å². The fourth-order valence-corrected chi connectivity index (χ4v) is 2.74. The van der Waals surface area contributed by atoms with Gasteiger partial charge in [-0.15, -0.1) is 0 Å². The third-order valence-corrected chi connectivity index (χ3v) is 4.02. The van der Waals surface area contributed by atoms with Crippen LogP contribution in [0.4, 0.5) is 10.1 Å². The number of para-hydroxylation sites is 1. The Balaban J connectivity index is 1.76. The number of carbonyl (C=O) groups is 1. The van der Waals surface area contributed by atoms with Gasteiger partial charge in [0.1, 0.15) is 11.5 Å². The van der Waals surface area contributed by atoms with Crippen molar-refractivity contribution in [2.24, 2.45) is 0 Å². The summed E-state index contributed by atoms with van der Waals surface area (Å²) in [5, 5.41) is 7.31. The molecule has 4 aromatic rings. The van der Waals surface area contributed by atoms with Crippen LogP contribution in [0.2, 0.25) is 0 Å². The minimum Gasteiger partial charge on any atom is -0.322 e. The lowest BCUT2D eigenvalue weighted by atomic mass is 10.1. The normalized spacial score (nSPS) is 10.6. The lowest BCUT2D eigenvalue weighted by Gasteiger charge is -2.05. The largest absolute Gasteiger partial charge is 0.322 e. The molecular formula is C21H15FN4O. The minimum absolute atomic E-state index is 0.366. The number of nitrogens with one attached hydrogen (secondary N) is 1. The van der Waals surface area contributed by atoms with Crippen molar-refractivity contribution in [3.05, 3.63) is 96.7 Å². The number of aromatic nitrogens is 3. The third kappa shape index (κ3) is 3.59. The van der Waals surface area contributed by atoms with E-state index in [-0.39, 0.29) is 5.91 Å². The Morgan fingerprint density at radius 1 is 0.963 bits per heavy atom. The van der Waals surface area contributed by atoms with Crippen LogP contribution in [0, 0.1) is 5.82 Å². The number of amides is 1. The Bertz CT molecular complexity index is 1080. The second-order valence-corrected chi connectivity index (χ2v) is 5.87. The smallest absolute Gasteiger partial charge is 0.259 e. The minimum atomic E-state index is -0.415. The lowest BCUT2D eigenvalue weighted by Crippen LogP contribution is -2.12. The van der Waals surface area contributed by atoms with E-state index in [1.54, 1.807) is 47.5 Å². The second kappa shape index (κ2) is 7.21. The molecule has 0 saturated heterocycles. The number of rotatable bonds is 4. The van der Waals surface area contributed by atoms with Gasteiger partial charge in [-0.05, 0) is 42.5 Å². The standard InChI is InChI=1S/C21H15FN4O/c22-16-5-4-6-17(13-16)24-21(27)19-14-26(18-7-2-1-3-8-18)25-20(19)15-9-11-23-12-10-15/h1-14H,(H,24,27). The first kappa shape index (κ1) is 16.7. The fraction of sp³-hybridized carbons (Fsp3) is 0. The molecule has 0 atom stereocenters. The summed E-state index contributed by atoms with van der Waals surface area (Å²) in [5.41, 5.74) is 2.89.